The van der Waals surface area contributed by atoms with Crippen molar-refractivity contribution in [2.45, 2.75) is 12.3 Å². The molecule has 0 saturated heterocycles. The molecule has 1 atom stereocenters. The number of imidazole rings is 1. The number of nitrogens with zero attached hydrogens (tertiary/aromatic N) is 2. The van der Waals surface area contributed by atoms with E-state index < -0.39 is 0 Å². The average molecular weight is 304 g/mol. The van der Waals surface area contributed by atoms with E-state index in [1.54, 1.807) is 23.2 Å². The summed E-state index contributed by atoms with van der Waals surface area (Å²) in [6.07, 6.45) is 0. The summed E-state index contributed by atoms with van der Waals surface area (Å²) in [5.41, 5.74) is 2.77. The monoisotopic (exact) mass is 302 g/mol. The molecule has 0 saturated carbocycles. The Morgan fingerprint density at radius 2 is 1.75 bits per heavy atom. The first kappa shape index (κ1) is 11.7. The number of aryl methyl sites for hydroxylation is 2. The van der Waals surface area contributed by atoms with E-state index in [4.69, 9.17) is 11.6 Å². The Hall–Kier alpha value is -0.740. The minimum absolute atomic E-state index is 0.0266. The number of fused-ring (bicyclic) bond motifs is 1. The molecule has 0 radical (unpaired) electrons. The Morgan fingerprint density at radius 3 is 2.25 bits per heavy atom. The van der Waals surface area contributed by atoms with Crippen molar-refractivity contribution in [1.29, 1.82) is 0 Å². The lowest BCUT2D eigenvalue weighted by Gasteiger charge is -2.07. The predicted octanol–water partition coefficient (Wildman–Crippen LogP) is 2.94. The SMILES string of the molecule is CC(Cl)c1cc2c(cc1Br)n(C)c(=O)n2C. The van der Waals surface area contributed by atoms with Crippen molar-refractivity contribution in [2.75, 3.05) is 0 Å². The van der Waals surface area contributed by atoms with Crippen molar-refractivity contribution in [1.82, 2.24) is 9.13 Å². The van der Waals surface area contributed by atoms with Crippen LogP contribution in [-0.2, 0) is 14.1 Å². The van der Waals surface area contributed by atoms with Crippen LogP contribution >= 0.6 is 27.5 Å². The second-order valence-corrected chi connectivity index (χ2v) is 5.39. The van der Waals surface area contributed by atoms with Gasteiger partial charge in [0.15, 0.2) is 0 Å². The van der Waals surface area contributed by atoms with E-state index >= 15 is 0 Å². The fraction of sp³-hybridized carbons (Fsp3) is 0.364. The molecule has 0 amide bonds. The van der Waals surface area contributed by atoms with E-state index in [-0.39, 0.29) is 11.1 Å². The molecule has 0 spiro atoms. The lowest BCUT2D eigenvalue weighted by atomic mass is 10.1. The summed E-state index contributed by atoms with van der Waals surface area (Å²) in [5.74, 6) is 0. The van der Waals surface area contributed by atoms with Gasteiger partial charge in [0.1, 0.15) is 0 Å². The maximum absolute atomic E-state index is 11.8. The van der Waals surface area contributed by atoms with Crippen LogP contribution in [0.2, 0.25) is 0 Å². The van der Waals surface area contributed by atoms with Crippen molar-refractivity contribution in [3.63, 3.8) is 0 Å². The maximum atomic E-state index is 11.8. The van der Waals surface area contributed by atoms with Gasteiger partial charge in [0, 0.05) is 18.6 Å². The molecule has 3 nitrogen and oxygen atoms in total. The molecular weight excluding hydrogens is 291 g/mol. The van der Waals surface area contributed by atoms with Crippen LogP contribution in [0, 0.1) is 0 Å². The van der Waals surface area contributed by atoms with Crippen molar-refractivity contribution in [3.8, 4) is 0 Å². The van der Waals surface area contributed by atoms with E-state index in [2.05, 4.69) is 15.9 Å². The van der Waals surface area contributed by atoms with Crippen molar-refractivity contribution < 1.29 is 0 Å². The van der Waals surface area contributed by atoms with Gasteiger partial charge in [0.05, 0.1) is 16.4 Å². The van der Waals surface area contributed by atoms with Crippen LogP contribution in [0.25, 0.3) is 11.0 Å². The molecule has 0 aliphatic carbocycles. The third kappa shape index (κ3) is 1.60. The number of rotatable bonds is 1. The number of benzene rings is 1. The Kier molecular flexibility index (Phi) is 2.88. The number of alkyl halides is 1. The van der Waals surface area contributed by atoms with E-state index in [1.165, 1.54) is 0 Å². The quantitative estimate of drug-likeness (QED) is 0.744. The van der Waals surface area contributed by atoms with Gasteiger partial charge in [-0.05, 0) is 24.6 Å². The van der Waals surface area contributed by atoms with Crippen LogP contribution in [0.5, 0.6) is 0 Å². The zero-order valence-corrected chi connectivity index (χ0v) is 11.6. The summed E-state index contributed by atoms with van der Waals surface area (Å²) in [6, 6.07) is 3.89. The van der Waals surface area contributed by atoms with Gasteiger partial charge in [-0.25, -0.2) is 4.79 Å². The summed E-state index contributed by atoms with van der Waals surface area (Å²) in [6.45, 7) is 1.91. The van der Waals surface area contributed by atoms with E-state index in [0.29, 0.717) is 0 Å². The van der Waals surface area contributed by atoms with Gasteiger partial charge in [0.2, 0.25) is 0 Å². The summed E-state index contributed by atoms with van der Waals surface area (Å²) in [4.78, 5) is 11.8. The first-order chi connectivity index (χ1) is 7.43. The Balaban J connectivity index is 2.90. The van der Waals surface area contributed by atoms with Gasteiger partial charge in [-0.1, -0.05) is 15.9 Å². The Bertz CT molecular complexity index is 612. The zero-order chi connectivity index (χ0) is 12.0. The molecule has 0 aliphatic rings. The first-order valence-corrected chi connectivity index (χ1v) is 6.15. The van der Waals surface area contributed by atoms with Gasteiger partial charge in [-0.15, -0.1) is 11.6 Å². The van der Waals surface area contributed by atoms with E-state index in [9.17, 15) is 4.79 Å². The zero-order valence-electron chi connectivity index (χ0n) is 9.29. The molecule has 1 heterocycles. The minimum atomic E-state index is -0.0888. The van der Waals surface area contributed by atoms with Crippen LogP contribution in [-0.4, -0.2) is 9.13 Å². The number of hydrogen-bond acceptors (Lipinski definition) is 1. The van der Waals surface area contributed by atoms with E-state index in [0.717, 1.165) is 21.1 Å². The summed E-state index contributed by atoms with van der Waals surface area (Å²) >= 11 is 9.56. The molecule has 16 heavy (non-hydrogen) atoms. The highest BCUT2D eigenvalue weighted by Gasteiger charge is 2.13. The summed E-state index contributed by atoms with van der Waals surface area (Å²) < 4.78 is 4.19. The summed E-state index contributed by atoms with van der Waals surface area (Å²) in [7, 11) is 3.53. The molecule has 2 rings (SSSR count). The number of halogens is 2. The average Bonchev–Trinajstić information content (AvgIpc) is 2.43. The van der Waals surface area contributed by atoms with Gasteiger partial charge < -0.3 is 0 Å². The number of aromatic nitrogens is 2. The minimum Gasteiger partial charge on any atom is -0.295 e. The van der Waals surface area contributed by atoms with E-state index in [1.807, 2.05) is 19.1 Å². The Labute approximate surface area is 107 Å². The third-order valence-electron chi connectivity index (χ3n) is 2.82. The predicted molar refractivity (Wildman–Crippen MR) is 70.1 cm³/mol. The highest BCUT2D eigenvalue weighted by Crippen LogP contribution is 2.31. The van der Waals surface area contributed by atoms with Gasteiger partial charge in [0.25, 0.3) is 0 Å². The molecule has 2 aromatic rings. The molecule has 0 aliphatic heterocycles. The second-order valence-electron chi connectivity index (χ2n) is 3.88. The molecule has 0 N–H and O–H groups in total. The van der Waals surface area contributed by atoms with Gasteiger partial charge >= 0.3 is 5.69 Å². The lowest BCUT2D eigenvalue weighted by molar-refractivity contribution is 0.795. The fourth-order valence-corrected chi connectivity index (χ4v) is 2.83. The maximum Gasteiger partial charge on any atom is 0.328 e. The normalized spacial score (nSPS) is 13.3. The largest absolute Gasteiger partial charge is 0.328 e. The smallest absolute Gasteiger partial charge is 0.295 e. The molecule has 5 heteroatoms. The van der Waals surface area contributed by atoms with Crippen molar-refractivity contribution in [2.24, 2.45) is 14.1 Å². The van der Waals surface area contributed by atoms with Crippen LogP contribution in [0.1, 0.15) is 17.9 Å². The molecule has 86 valence electrons. The molecule has 0 fully saturated rings. The molecule has 1 unspecified atom stereocenters. The summed E-state index contributed by atoms with van der Waals surface area (Å²) in [5, 5.41) is -0.0888. The molecular formula is C11H12BrClN2O. The van der Waals surface area contributed by atoms with Crippen LogP contribution < -0.4 is 5.69 Å². The van der Waals surface area contributed by atoms with Gasteiger partial charge in [-0.3, -0.25) is 9.13 Å². The molecule has 1 aromatic heterocycles. The van der Waals surface area contributed by atoms with Crippen LogP contribution in [0.4, 0.5) is 0 Å². The topological polar surface area (TPSA) is 26.9 Å². The number of hydrogen-bond donors (Lipinski definition) is 0. The highest BCUT2D eigenvalue weighted by molar-refractivity contribution is 9.10. The molecule has 1 aromatic carbocycles. The fourth-order valence-electron chi connectivity index (χ4n) is 1.84. The van der Waals surface area contributed by atoms with Crippen molar-refractivity contribution >= 4 is 38.6 Å². The van der Waals surface area contributed by atoms with Crippen LogP contribution in [0.3, 0.4) is 0 Å². The molecule has 0 bridgehead atoms. The Morgan fingerprint density at radius 1 is 1.25 bits per heavy atom. The standard InChI is InChI=1S/C11H12BrClN2O/c1-6(13)7-4-9-10(5-8(7)12)15(3)11(16)14(9)2/h4-6H,1-3H3. The highest BCUT2D eigenvalue weighted by atomic mass is 79.9. The first-order valence-electron chi connectivity index (χ1n) is 4.92. The lowest BCUT2D eigenvalue weighted by Crippen LogP contribution is -2.19. The second kappa shape index (κ2) is 3.93. The van der Waals surface area contributed by atoms with Gasteiger partial charge in [-0.2, -0.15) is 0 Å². The van der Waals surface area contributed by atoms with Crippen molar-refractivity contribution in [3.05, 3.63) is 32.7 Å². The third-order valence-corrected chi connectivity index (χ3v) is 3.74. The van der Waals surface area contributed by atoms with Crippen LogP contribution in [0.15, 0.2) is 21.4 Å².